The number of rotatable bonds is 5. The lowest BCUT2D eigenvalue weighted by Gasteiger charge is -2.30. The predicted octanol–water partition coefficient (Wildman–Crippen LogP) is 2.41. The van der Waals surface area contributed by atoms with Gasteiger partial charge in [-0.25, -0.2) is 0 Å². The third-order valence-electron chi connectivity index (χ3n) is 4.71. The summed E-state index contributed by atoms with van der Waals surface area (Å²) in [5, 5.41) is 9.11. The van der Waals surface area contributed by atoms with Gasteiger partial charge in [0.1, 0.15) is 12.4 Å². The molecule has 1 aromatic carbocycles. The summed E-state index contributed by atoms with van der Waals surface area (Å²) >= 11 is 0. The molecule has 0 saturated carbocycles. The van der Waals surface area contributed by atoms with E-state index in [4.69, 9.17) is 15.6 Å². The molecule has 1 aliphatic rings. The molecule has 1 heterocycles. The number of Topliss-reactive ketones (excluding diaryl/α,β-unsaturated/α-hetero) is 1. The average Bonchev–Trinajstić information content (AvgIpc) is 2.87. The van der Waals surface area contributed by atoms with Gasteiger partial charge in [0.2, 0.25) is 5.91 Å². The van der Waals surface area contributed by atoms with Crippen LogP contribution < -0.4 is 10.5 Å². The Kier molecular flexibility index (Phi) is 4.63. The molecule has 6 heteroatoms. The number of aliphatic hydroxyl groups excluding tert-OH is 1. The summed E-state index contributed by atoms with van der Waals surface area (Å²) in [6.45, 7) is 6.06. The smallest absolute Gasteiger partial charge is 0.248 e. The summed E-state index contributed by atoms with van der Waals surface area (Å²) in [6.07, 6.45) is 1.29. The molecule has 6 nitrogen and oxygen atoms in total. The van der Waals surface area contributed by atoms with Gasteiger partial charge in [0.15, 0.2) is 5.78 Å². The van der Waals surface area contributed by atoms with Crippen molar-refractivity contribution < 1.29 is 19.4 Å². The topological polar surface area (TPSA) is 94.6 Å². The fraction of sp³-hybridized carbons (Fsp3) is 0.400. The number of primary amides is 1. The summed E-state index contributed by atoms with van der Waals surface area (Å²) in [6, 6.07) is 6.90. The SMILES string of the molecule is Cc1cc2c(n1-c1ccc(C(N)=O)cc1OCCO)CC(C)(C)CC2=O. The second kappa shape index (κ2) is 6.61. The maximum Gasteiger partial charge on any atom is 0.248 e. The molecule has 2 aromatic rings. The van der Waals surface area contributed by atoms with Gasteiger partial charge in [-0.15, -0.1) is 0 Å². The molecule has 26 heavy (non-hydrogen) atoms. The van der Waals surface area contributed by atoms with E-state index in [-0.39, 0.29) is 24.4 Å². The lowest BCUT2D eigenvalue weighted by Crippen LogP contribution is -2.28. The van der Waals surface area contributed by atoms with E-state index in [0.717, 1.165) is 29.1 Å². The first-order valence-electron chi connectivity index (χ1n) is 8.66. The molecule has 0 bridgehead atoms. The van der Waals surface area contributed by atoms with Crippen LogP contribution in [-0.4, -0.2) is 34.6 Å². The number of ether oxygens (including phenoxy) is 1. The number of fused-ring (bicyclic) bond motifs is 1. The molecule has 0 spiro atoms. The number of nitrogens with two attached hydrogens (primary N) is 1. The number of benzene rings is 1. The summed E-state index contributed by atoms with van der Waals surface area (Å²) in [5.41, 5.74) is 8.93. The third-order valence-corrected chi connectivity index (χ3v) is 4.71. The van der Waals surface area contributed by atoms with Gasteiger partial charge in [0.05, 0.1) is 12.3 Å². The van der Waals surface area contributed by atoms with E-state index in [2.05, 4.69) is 13.8 Å². The second-order valence-electron chi connectivity index (χ2n) is 7.54. The molecular formula is C20H24N2O4. The number of aryl methyl sites for hydroxylation is 1. The fourth-order valence-electron chi connectivity index (χ4n) is 3.61. The van der Waals surface area contributed by atoms with Crippen molar-refractivity contribution in [3.8, 4) is 11.4 Å². The van der Waals surface area contributed by atoms with Crippen LogP contribution in [0.3, 0.4) is 0 Å². The van der Waals surface area contributed by atoms with Crippen LogP contribution in [0.25, 0.3) is 5.69 Å². The van der Waals surface area contributed by atoms with Crippen molar-refractivity contribution in [2.75, 3.05) is 13.2 Å². The van der Waals surface area contributed by atoms with E-state index in [0.29, 0.717) is 17.7 Å². The Labute approximate surface area is 152 Å². The van der Waals surface area contributed by atoms with Crippen molar-refractivity contribution >= 4 is 11.7 Å². The van der Waals surface area contributed by atoms with Gasteiger partial charge in [-0.05, 0) is 43.0 Å². The lowest BCUT2D eigenvalue weighted by molar-refractivity contribution is 0.0910. The molecule has 0 saturated heterocycles. The third kappa shape index (κ3) is 3.24. The first kappa shape index (κ1) is 18.2. The number of ketones is 1. The molecule has 138 valence electrons. The second-order valence-corrected chi connectivity index (χ2v) is 7.54. The highest BCUT2D eigenvalue weighted by atomic mass is 16.5. The highest BCUT2D eigenvalue weighted by Gasteiger charge is 2.34. The maximum atomic E-state index is 12.6. The quantitative estimate of drug-likeness (QED) is 0.860. The van der Waals surface area contributed by atoms with Crippen LogP contribution >= 0.6 is 0 Å². The molecule has 3 rings (SSSR count). The normalized spacial score (nSPS) is 15.6. The number of aliphatic hydroxyl groups is 1. The van der Waals surface area contributed by atoms with Crippen molar-refractivity contribution in [1.29, 1.82) is 0 Å². The number of carbonyl (C=O) groups is 2. The highest BCUT2D eigenvalue weighted by Crippen LogP contribution is 2.39. The average molecular weight is 356 g/mol. The number of hydrogen-bond donors (Lipinski definition) is 2. The lowest BCUT2D eigenvalue weighted by atomic mass is 9.76. The van der Waals surface area contributed by atoms with E-state index in [1.165, 1.54) is 0 Å². The Morgan fingerprint density at radius 2 is 2.04 bits per heavy atom. The van der Waals surface area contributed by atoms with Crippen LogP contribution in [0.4, 0.5) is 0 Å². The van der Waals surface area contributed by atoms with E-state index >= 15 is 0 Å². The van der Waals surface area contributed by atoms with Crippen molar-refractivity contribution in [2.45, 2.75) is 33.6 Å². The van der Waals surface area contributed by atoms with E-state index in [1.54, 1.807) is 18.2 Å². The summed E-state index contributed by atoms with van der Waals surface area (Å²) in [5.74, 6) is 0.0466. The van der Waals surface area contributed by atoms with Gasteiger partial charge in [-0.1, -0.05) is 13.8 Å². The van der Waals surface area contributed by atoms with Crippen LogP contribution in [0.1, 0.15) is 52.4 Å². The van der Waals surface area contributed by atoms with Crippen LogP contribution in [-0.2, 0) is 6.42 Å². The molecule has 0 unspecified atom stereocenters. The number of nitrogens with zero attached hydrogens (tertiary/aromatic N) is 1. The van der Waals surface area contributed by atoms with Gasteiger partial charge in [0.25, 0.3) is 0 Å². The Morgan fingerprint density at radius 3 is 2.69 bits per heavy atom. The standard InChI is InChI=1S/C20H24N2O4/c1-12-8-14-16(10-20(2,3)11-17(14)24)22(12)15-5-4-13(19(21)25)9-18(15)26-7-6-23/h4-5,8-9,23H,6-7,10-11H2,1-3H3,(H2,21,25). The molecular weight excluding hydrogens is 332 g/mol. The molecule has 1 aromatic heterocycles. The minimum absolute atomic E-state index is 0.0994. The molecule has 3 N–H and O–H groups in total. The number of carbonyl (C=O) groups excluding carboxylic acids is 2. The van der Waals surface area contributed by atoms with Crippen LogP contribution in [0.2, 0.25) is 0 Å². The van der Waals surface area contributed by atoms with Gasteiger partial charge in [-0.3, -0.25) is 9.59 Å². The van der Waals surface area contributed by atoms with Crippen LogP contribution in [0, 0.1) is 12.3 Å². The largest absolute Gasteiger partial charge is 0.489 e. The zero-order valence-electron chi connectivity index (χ0n) is 15.3. The van der Waals surface area contributed by atoms with Crippen LogP contribution in [0.15, 0.2) is 24.3 Å². The van der Waals surface area contributed by atoms with E-state index in [1.807, 2.05) is 17.6 Å². The number of aromatic nitrogens is 1. The van der Waals surface area contributed by atoms with E-state index < -0.39 is 5.91 Å². The Hall–Kier alpha value is -2.60. The van der Waals surface area contributed by atoms with Gasteiger partial charge < -0.3 is 20.1 Å². The van der Waals surface area contributed by atoms with Crippen LogP contribution in [0.5, 0.6) is 5.75 Å². The van der Waals surface area contributed by atoms with Gasteiger partial charge in [0, 0.05) is 28.9 Å². The Morgan fingerprint density at radius 1 is 1.31 bits per heavy atom. The fourth-order valence-corrected chi connectivity index (χ4v) is 3.61. The van der Waals surface area contributed by atoms with Crippen molar-refractivity contribution in [1.82, 2.24) is 4.57 Å². The Balaban J connectivity index is 2.18. The van der Waals surface area contributed by atoms with Crippen molar-refractivity contribution in [3.05, 3.63) is 46.8 Å². The van der Waals surface area contributed by atoms with Crippen molar-refractivity contribution in [2.24, 2.45) is 11.1 Å². The first-order chi connectivity index (χ1) is 12.2. The minimum atomic E-state index is -0.548. The highest BCUT2D eigenvalue weighted by molar-refractivity contribution is 5.99. The predicted molar refractivity (Wildman–Crippen MR) is 98.0 cm³/mol. The zero-order valence-corrected chi connectivity index (χ0v) is 15.3. The monoisotopic (exact) mass is 356 g/mol. The number of amides is 1. The Bertz CT molecular complexity index is 880. The van der Waals surface area contributed by atoms with Gasteiger partial charge >= 0.3 is 0 Å². The summed E-state index contributed by atoms with van der Waals surface area (Å²) in [7, 11) is 0. The maximum absolute atomic E-state index is 12.6. The molecule has 0 atom stereocenters. The number of hydrogen-bond acceptors (Lipinski definition) is 4. The molecule has 0 radical (unpaired) electrons. The molecule has 0 fully saturated rings. The first-order valence-corrected chi connectivity index (χ1v) is 8.66. The minimum Gasteiger partial charge on any atom is -0.489 e. The molecule has 1 aliphatic carbocycles. The zero-order chi connectivity index (χ0) is 19.1. The molecule has 0 aliphatic heterocycles. The van der Waals surface area contributed by atoms with E-state index in [9.17, 15) is 9.59 Å². The van der Waals surface area contributed by atoms with Crippen molar-refractivity contribution in [3.63, 3.8) is 0 Å². The molecule has 1 amide bonds. The van der Waals surface area contributed by atoms with Gasteiger partial charge in [-0.2, -0.15) is 0 Å². The summed E-state index contributed by atoms with van der Waals surface area (Å²) in [4.78, 5) is 24.1. The summed E-state index contributed by atoms with van der Waals surface area (Å²) < 4.78 is 7.67.